The number of nitrogens with one attached hydrogen (secondary N) is 1. The second kappa shape index (κ2) is 6.27. The molecule has 0 aliphatic rings. The van der Waals surface area contributed by atoms with Gasteiger partial charge >= 0.3 is 0 Å². The van der Waals surface area contributed by atoms with E-state index in [1.807, 2.05) is 6.92 Å². The van der Waals surface area contributed by atoms with Crippen LogP contribution in [0.4, 0.5) is 0 Å². The minimum atomic E-state index is -0.321. The highest BCUT2D eigenvalue weighted by Gasteiger charge is 2.15. The van der Waals surface area contributed by atoms with Gasteiger partial charge in [0.1, 0.15) is 0 Å². The van der Waals surface area contributed by atoms with Crippen LogP contribution < -0.4 is 5.73 Å². The number of hydrogen-bond acceptors (Lipinski definition) is 6. The average molecular weight is 251 g/mol. The van der Waals surface area contributed by atoms with Gasteiger partial charge < -0.3 is 20.0 Å². The molecule has 1 atom stereocenters. The van der Waals surface area contributed by atoms with E-state index in [9.17, 15) is 0 Å². The summed E-state index contributed by atoms with van der Waals surface area (Å²) in [5.41, 5.74) is 6.92. The summed E-state index contributed by atoms with van der Waals surface area (Å²) in [6, 6.07) is -0.321. The van der Waals surface area contributed by atoms with Crippen molar-refractivity contribution in [2.45, 2.75) is 25.8 Å². The Labute approximate surface area is 105 Å². The Hall–Kier alpha value is -1.73. The van der Waals surface area contributed by atoms with Gasteiger partial charge in [0, 0.05) is 31.3 Å². The molecule has 98 valence electrons. The van der Waals surface area contributed by atoms with Crippen LogP contribution in [-0.2, 0) is 17.6 Å². The minimum absolute atomic E-state index is 0.321. The Morgan fingerprint density at radius 1 is 1.56 bits per heavy atom. The van der Waals surface area contributed by atoms with Crippen LogP contribution in [-0.4, -0.2) is 33.3 Å². The lowest BCUT2D eigenvalue weighted by Crippen LogP contribution is -2.14. The van der Waals surface area contributed by atoms with Gasteiger partial charge in [0.2, 0.25) is 5.89 Å². The van der Waals surface area contributed by atoms with E-state index in [2.05, 4.69) is 20.1 Å². The molecule has 2 aromatic rings. The fraction of sp³-hybridized carbons (Fsp3) is 0.545. The van der Waals surface area contributed by atoms with Crippen LogP contribution in [0.1, 0.15) is 30.4 Å². The van der Waals surface area contributed by atoms with E-state index in [0.717, 1.165) is 5.69 Å². The summed E-state index contributed by atoms with van der Waals surface area (Å²) in [6.45, 7) is 3.22. The average Bonchev–Trinajstić information content (AvgIpc) is 3.00. The molecule has 1 unspecified atom stereocenters. The molecule has 7 nitrogen and oxygen atoms in total. The normalized spacial score (nSPS) is 12.8. The third kappa shape index (κ3) is 3.38. The van der Waals surface area contributed by atoms with Gasteiger partial charge in [0.05, 0.1) is 19.0 Å². The van der Waals surface area contributed by atoms with Gasteiger partial charge in [0.25, 0.3) is 0 Å². The Kier molecular flexibility index (Phi) is 4.43. The fourth-order valence-electron chi connectivity index (χ4n) is 1.55. The molecule has 0 radical (unpaired) electrons. The highest BCUT2D eigenvalue weighted by Crippen LogP contribution is 2.12. The quantitative estimate of drug-likeness (QED) is 0.699. The Bertz CT molecular complexity index is 454. The summed E-state index contributed by atoms with van der Waals surface area (Å²) in [5.74, 6) is 1.06. The lowest BCUT2D eigenvalue weighted by molar-refractivity contribution is 0.149. The smallest absolute Gasteiger partial charge is 0.243 e. The number of nitrogens with two attached hydrogens (primary N) is 1. The number of H-pyrrole nitrogens is 1. The molecule has 2 aromatic heterocycles. The first kappa shape index (κ1) is 12.7. The predicted octanol–water partition coefficient (Wildman–Crippen LogP) is 0.614. The molecule has 0 spiro atoms. The molecule has 2 heterocycles. The van der Waals surface area contributed by atoms with Crippen LogP contribution in [0.2, 0.25) is 0 Å². The van der Waals surface area contributed by atoms with Crippen molar-refractivity contribution in [1.29, 1.82) is 0 Å². The highest BCUT2D eigenvalue weighted by molar-refractivity contribution is 5.02. The zero-order chi connectivity index (χ0) is 12.8. The predicted molar refractivity (Wildman–Crippen MR) is 63.7 cm³/mol. The summed E-state index contributed by atoms with van der Waals surface area (Å²) in [7, 11) is 0. The lowest BCUT2D eigenvalue weighted by Gasteiger charge is -2.03. The molecule has 0 aromatic carbocycles. The number of nitrogens with zero attached hydrogens (tertiary/aromatic N) is 3. The van der Waals surface area contributed by atoms with E-state index in [1.54, 1.807) is 12.5 Å². The number of ether oxygens (including phenoxy) is 1. The Morgan fingerprint density at radius 2 is 2.44 bits per heavy atom. The van der Waals surface area contributed by atoms with Crippen molar-refractivity contribution < 1.29 is 9.26 Å². The molecule has 0 fully saturated rings. The van der Waals surface area contributed by atoms with Crippen molar-refractivity contribution in [1.82, 2.24) is 20.1 Å². The maximum absolute atomic E-state index is 5.98. The van der Waals surface area contributed by atoms with Gasteiger partial charge in [-0.15, -0.1) is 0 Å². The van der Waals surface area contributed by atoms with Crippen LogP contribution in [0.3, 0.4) is 0 Å². The largest absolute Gasteiger partial charge is 0.381 e. The maximum Gasteiger partial charge on any atom is 0.243 e. The standard InChI is InChI=1S/C11H17N5O2/c1-2-17-4-3-10-15-11(18-16-10)9(12)5-8-6-13-7-14-8/h6-7,9H,2-5,12H2,1H3,(H,13,14). The Morgan fingerprint density at radius 3 is 3.17 bits per heavy atom. The molecular weight excluding hydrogens is 234 g/mol. The topological polar surface area (TPSA) is 103 Å². The van der Waals surface area contributed by atoms with E-state index >= 15 is 0 Å². The molecule has 0 aliphatic carbocycles. The highest BCUT2D eigenvalue weighted by atomic mass is 16.5. The molecule has 3 N–H and O–H groups in total. The number of imidazole rings is 1. The maximum atomic E-state index is 5.98. The molecule has 2 rings (SSSR count). The molecule has 0 bridgehead atoms. The van der Waals surface area contributed by atoms with E-state index in [4.69, 9.17) is 15.0 Å². The molecule has 18 heavy (non-hydrogen) atoms. The molecule has 0 saturated carbocycles. The van der Waals surface area contributed by atoms with Crippen molar-refractivity contribution in [2.75, 3.05) is 13.2 Å². The van der Waals surface area contributed by atoms with Crippen molar-refractivity contribution in [3.63, 3.8) is 0 Å². The number of hydrogen-bond donors (Lipinski definition) is 2. The van der Waals surface area contributed by atoms with Gasteiger partial charge in [-0.3, -0.25) is 0 Å². The fourth-order valence-corrected chi connectivity index (χ4v) is 1.55. The third-order valence-electron chi connectivity index (χ3n) is 2.47. The number of aromatic nitrogens is 4. The van der Waals surface area contributed by atoms with Gasteiger partial charge in [0.15, 0.2) is 5.82 Å². The first-order chi connectivity index (χ1) is 8.79. The van der Waals surface area contributed by atoms with Crippen molar-refractivity contribution in [2.24, 2.45) is 5.73 Å². The van der Waals surface area contributed by atoms with Gasteiger partial charge in [-0.25, -0.2) is 4.98 Å². The van der Waals surface area contributed by atoms with E-state index in [0.29, 0.717) is 37.8 Å². The summed E-state index contributed by atoms with van der Waals surface area (Å²) in [4.78, 5) is 11.2. The van der Waals surface area contributed by atoms with Crippen molar-refractivity contribution in [3.05, 3.63) is 29.9 Å². The van der Waals surface area contributed by atoms with Crippen molar-refractivity contribution in [3.8, 4) is 0 Å². The van der Waals surface area contributed by atoms with E-state index in [-0.39, 0.29) is 6.04 Å². The summed E-state index contributed by atoms with van der Waals surface area (Å²) < 4.78 is 10.4. The van der Waals surface area contributed by atoms with Gasteiger partial charge in [-0.2, -0.15) is 4.98 Å². The van der Waals surface area contributed by atoms with Crippen LogP contribution >= 0.6 is 0 Å². The SMILES string of the molecule is CCOCCc1noc(C(N)Cc2cnc[nH]2)n1. The second-order valence-electron chi connectivity index (χ2n) is 3.88. The number of rotatable bonds is 7. The zero-order valence-electron chi connectivity index (χ0n) is 10.3. The van der Waals surface area contributed by atoms with Crippen LogP contribution in [0, 0.1) is 0 Å². The summed E-state index contributed by atoms with van der Waals surface area (Å²) in [6.07, 6.45) is 4.57. The van der Waals surface area contributed by atoms with E-state index in [1.165, 1.54) is 0 Å². The first-order valence-electron chi connectivity index (χ1n) is 5.92. The summed E-state index contributed by atoms with van der Waals surface area (Å²) in [5, 5.41) is 3.87. The third-order valence-corrected chi connectivity index (χ3v) is 2.47. The first-order valence-corrected chi connectivity index (χ1v) is 5.92. The zero-order valence-corrected chi connectivity index (χ0v) is 10.3. The molecule has 7 heteroatoms. The number of aromatic amines is 1. The lowest BCUT2D eigenvalue weighted by atomic mass is 10.2. The second-order valence-corrected chi connectivity index (χ2v) is 3.88. The summed E-state index contributed by atoms with van der Waals surface area (Å²) >= 11 is 0. The monoisotopic (exact) mass is 251 g/mol. The van der Waals surface area contributed by atoms with E-state index < -0.39 is 0 Å². The molecule has 0 saturated heterocycles. The molecule has 0 aliphatic heterocycles. The van der Waals surface area contributed by atoms with Crippen molar-refractivity contribution >= 4 is 0 Å². The molecular formula is C11H17N5O2. The van der Waals surface area contributed by atoms with Gasteiger partial charge in [-0.05, 0) is 6.92 Å². The van der Waals surface area contributed by atoms with Gasteiger partial charge in [-0.1, -0.05) is 5.16 Å². The molecule has 0 amide bonds. The minimum Gasteiger partial charge on any atom is -0.381 e. The Balaban J connectivity index is 1.88. The van der Waals surface area contributed by atoms with Crippen LogP contribution in [0.5, 0.6) is 0 Å². The van der Waals surface area contributed by atoms with Crippen LogP contribution in [0.25, 0.3) is 0 Å². The van der Waals surface area contributed by atoms with Crippen LogP contribution in [0.15, 0.2) is 17.0 Å².